The summed E-state index contributed by atoms with van der Waals surface area (Å²) >= 11 is 6.48. The monoisotopic (exact) mass is 614 g/mol. The number of amides is 1. The molecule has 1 saturated carbocycles. The number of carbonyl (C=O) groups excluding carboxylic acids is 2. The van der Waals surface area contributed by atoms with Crippen LogP contribution in [0, 0.1) is 12.8 Å². The normalized spacial score (nSPS) is 14.7. The summed E-state index contributed by atoms with van der Waals surface area (Å²) < 4.78 is 13.0. The van der Waals surface area contributed by atoms with Crippen molar-refractivity contribution in [1.29, 1.82) is 0 Å². The zero-order chi connectivity index (χ0) is 31.8. The van der Waals surface area contributed by atoms with Crippen LogP contribution in [-0.2, 0) is 27.9 Å². The molecule has 0 aliphatic heterocycles. The van der Waals surface area contributed by atoms with Gasteiger partial charge in [0, 0.05) is 40.1 Å². The lowest BCUT2D eigenvalue weighted by molar-refractivity contribution is -0.147. The molecule has 5 rings (SSSR count). The summed E-state index contributed by atoms with van der Waals surface area (Å²) in [6.07, 6.45) is 2.35. The van der Waals surface area contributed by atoms with Crippen LogP contribution in [0.4, 0.5) is 0 Å². The third kappa shape index (κ3) is 7.13. The van der Waals surface area contributed by atoms with Crippen molar-refractivity contribution < 1.29 is 19.1 Å². The van der Waals surface area contributed by atoms with Gasteiger partial charge in [-0.1, -0.05) is 62.7 Å². The van der Waals surface area contributed by atoms with Gasteiger partial charge in [-0.25, -0.2) is 4.79 Å². The van der Waals surface area contributed by atoms with Crippen molar-refractivity contribution in [3.63, 3.8) is 0 Å². The molecule has 3 aromatic carbocycles. The number of rotatable bonds is 10. The maximum absolute atomic E-state index is 13.5. The molecular weight excluding hydrogens is 572 g/mol. The summed E-state index contributed by atoms with van der Waals surface area (Å²) in [6.45, 7) is 13.4. The number of methoxy groups -OCH3 is 1. The second-order valence-electron chi connectivity index (χ2n) is 13.2. The van der Waals surface area contributed by atoms with E-state index in [1.807, 2.05) is 31.2 Å². The predicted octanol–water partition coefficient (Wildman–Crippen LogP) is 8.33. The van der Waals surface area contributed by atoms with Gasteiger partial charge in [-0.05, 0) is 97.5 Å². The van der Waals surface area contributed by atoms with Crippen LogP contribution in [0.2, 0.25) is 5.02 Å². The predicted molar refractivity (Wildman–Crippen MR) is 177 cm³/mol. The number of carbonyl (C=O) groups is 2. The average molecular weight is 615 g/mol. The number of benzene rings is 3. The number of hydrogen-bond donors (Lipinski definition) is 1. The third-order valence-electron chi connectivity index (χ3n) is 8.64. The van der Waals surface area contributed by atoms with Crippen LogP contribution in [0.5, 0.6) is 5.75 Å². The van der Waals surface area contributed by atoms with E-state index in [1.54, 1.807) is 13.0 Å². The molecular formula is C37H43ClN2O4. The second-order valence-corrected chi connectivity index (χ2v) is 13.6. The molecule has 7 heteroatoms. The van der Waals surface area contributed by atoms with Crippen molar-refractivity contribution in [2.24, 2.45) is 5.92 Å². The van der Waals surface area contributed by atoms with E-state index in [0.717, 1.165) is 28.6 Å². The van der Waals surface area contributed by atoms with Gasteiger partial charge in [0.25, 0.3) is 5.91 Å². The third-order valence-corrected chi connectivity index (χ3v) is 8.86. The molecule has 1 aromatic heterocycles. The minimum Gasteiger partial charge on any atom is -0.479 e. The molecule has 6 nitrogen and oxygen atoms in total. The molecule has 1 aliphatic carbocycles. The summed E-state index contributed by atoms with van der Waals surface area (Å²) in [7, 11) is 1.34. The van der Waals surface area contributed by atoms with Crippen LogP contribution in [-0.4, -0.2) is 29.7 Å². The smallest absolute Gasteiger partial charge is 0.346 e. The quantitative estimate of drug-likeness (QED) is 0.182. The molecule has 1 fully saturated rings. The average Bonchev–Trinajstić information content (AvgIpc) is 3.77. The number of ether oxygens (including phenoxy) is 2. The molecule has 0 radical (unpaired) electrons. The van der Waals surface area contributed by atoms with E-state index < -0.39 is 12.1 Å². The van der Waals surface area contributed by atoms with Gasteiger partial charge in [0.1, 0.15) is 5.75 Å². The maximum Gasteiger partial charge on any atom is 0.346 e. The van der Waals surface area contributed by atoms with Gasteiger partial charge < -0.3 is 19.4 Å². The summed E-state index contributed by atoms with van der Waals surface area (Å²) in [5, 5.41) is 4.86. The number of esters is 1. The topological polar surface area (TPSA) is 69.6 Å². The number of aromatic nitrogens is 1. The summed E-state index contributed by atoms with van der Waals surface area (Å²) in [6, 6.07) is 20.0. The number of nitrogens with zero attached hydrogens (tertiary/aromatic N) is 1. The van der Waals surface area contributed by atoms with E-state index >= 15 is 0 Å². The Balaban J connectivity index is 1.42. The zero-order valence-electron chi connectivity index (χ0n) is 26.8. The Morgan fingerprint density at radius 1 is 1.02 bits per heavy atom. The lowest BCUT2D eigenvalue weighted by Crippen LogP contribution is -2.26. The Morgan fingerprint density at radius 2 is 1.73 bits per heavy atom. The van der Waals surface area contributed by atoms with E-state index in [0.29, 0.717) is 28.7 Å². The number of nitrogens with one attached hydrogen (secondary N) is 1. The van der Waals surface area contributed by atoms with Crippen molar-refractivity contribution in [3.8, 4) is 5.75 Å². The van der Waals surface area contributed by atoms with Gasteiger partial charge in [0.05, 0.1) is 13.2 Å². The largest absolute Gasteiger partial charge is 0.479 e. The Kier molecular flexibility index (Phi) is 9.12. The number of hydrogen-bond acceptors (Lipinski definition) is 4. The molecule has 4 aromatic rings. The van der Waals surface area contributed by atoms with E-state index in [-0.39, 0.29) is 17.4 Å². The van der Waals surface area contributed by atoms with Crippen LogP contribution in [0.1, 0.15) is 91.8 Å². The Bertz CT molecular complexity index is 1680. The minimum absolute atomic E-state index is 0.0821. The Morgan fingerprint density at radius 3 is 2.36 bits per heavy atom. The van der Waals surface area contributed by atoms with E-state index in [1.165, 1.54) is 36.8 Å². The van der Waals surface area contributed by atoms with Crippen molar-refractivity contribution in [1.82, 2.24) is 9.88 Å². The second kappa shape index (κ2) is 12.7. The standard InChI is InChI=1S/C37H43ClN2O4/c1-22(27-10-13-29(14-11-27)37(4,5)6)39-35(41)28-12-15-32-33(23(2)40(34(32)19-28)21-25-8-9-25)18-26-16-30(38)20-31(17-26)44-24(3)36(42)43-7/h10-17,19-20,22,24-25H,8-9,18,21H2,1-7H3,(H,39,41)/t22-,24+/m0/s1. The minimum atomic E-state index is -0.747. The van der Waals surface area contributed by atoms with E-state index in [4.69, 9.17) is 21.1 Å². The van der Waals surface area contributed by atoms with Gasteiger partial charge in [-0.2, -0.15) is 0 Å². The molecule has 1 amide bonds. The molecule has 44 heavy (non-hydrogen) atoms. The van der Waals surface area contributed by atoms with Crippen LogP contribution < -0.4 is 10.1 Å². The first-order valence-electron chi connectivity index (χ1n) is 15.4. The number of fused-ring (bicyclic) bond motifs is 1. The van der Waals surface area contributed by atoms with E-state index in [2.05, 4.69) is 67.9 Å². The zero-order valence-corrected chi connectivity index (χ0v) is 27.5. The molecule has 232 valence electrons. The van der Waals surface area contributed by atoms with Crippen molar-refractivity contribution in [3.05, 3.63) is 99.2 Å². The number of halogens is 1. The molecule has 0 bridgehead atoms. The molecule has 1 N–H and O–H groups in total. The lowest BCUT2D eigenvalue weighted by Gasteiger charge is -2.21. The van der Waals surface area contributed by atoms with Gasteiger partial charge in [-0.3, -0.25) is 4.79 Å². The van der Waals surface area contributed by atoms with E-state index in [9.17, 15) is 9.59 Å². The van der Waals surface area contributed by atoms with Crippen molar-refractivity contribution >= 4 is 34.4 Å². The van der Waals surface area contributed by atoms with Crippen LogP contribution in [0.3, 0.4) is 0 Å². The SMILES string of the molecule is COC(=O)[C@@H](C)Oc1cc(Cl)cc(Cc2c(C)n(CC3CC3)c3cc(C(=O)N[C@@H](C)c4ccc(C(C)(C)C)cc4)ccc23)c1. The maximum atomic E-state index is 13.5. The van der Waals surface area contributed by atoms with Crippen molar-refractivity contribution in [2.45, 2.75) is 84.9 Å². The van der Waals surface area contributed by atoms with Crippen LogP contribution >= 0.6 is 11.6 Å². The molecule has 2 atom stereocenters. The highest BCUT2D eigenvalue weighted by molar-refractivity contribution is 6.30. The van der Waals surface area contributed by atoms with Gasteiger partial charge in [0.15, 0.2) is 6.10 Å². The fraction of sp³-hybridized carbons (Fsp3) is 0.405. The fourth-order valence-corrected chi connectivity index (χ4v) is 6.00. The Labute approximate surface area is 265 Å². The van der Waals surface area contributed by atoms with Gasteiger partial charge in [0.2, 0.25) is 0 Å². The fourth-order valence-electron chi connectivity index (χ4n) is 5.76. The summed E-state index contributed by atoms with van der Waals surface area (Å²) in [5.41, 5.74) is 7.49. The molecule has 0 spiro atoms. The van der Waals surface area contributed by atoms with Gasteiger partial charge in [-0.15, -0.1) is 0 Å². The molecule has 0 unspecified atom stereocenters. The summed E-state index contributed by atoms with van der Waals surface area (Å²) in [5.74, 6) is 0.648. The first-order chi connectivity index (χ1) is 20.8. The molecule has 1 heterocycles. The first-order valence-corrected chi connectivity index (χ1v) is 15.8. The molecule has 0 saturated heterocycles. The lowest BCUT2D eigenvalue weighted by atomic mass is 9.86. The summed E-state index contributed by atoms with van der Waals surface area (Å²) in [4.78, 5) is 25.4. The highest BCUT2D eigenvalue weighted by atomic mass is 35.5. The first kappa shape index (κ1) is 31.6. The van der Waals surface area contributed by atoms with Crippen LogP contribution in [0.25, 0.3) is 10.9 Å². The van der Waals surface area contributed by atoms with Gasteiger partial charge >= 0.3 is 5.97 Å². The Hall–Kier alpha value is -3.77. The highest BCUT2D eigenvalue weighted by Crippen LogP contribution is 2.36. The van der Waals surface area contributed by atoms with Crippen molar-refractivity contribution in [2.75, 3.05) is 7.11 Å². The highest BCUT2D eigenvalue weighted by Gasteiger charge is 2.26. The molecule has 1 aliphatic rings. The van der Waals surface area contributed by atoms with Crippen LogP contribution in [0.15, 0.2) is 60.7 Å².